The maximum Gasteiger partial charge on any atom is 0.270 e. The van der Waals surface area contributed by atoms with Crippen LogP contribution in [0.1, 0.15) is 16.1 Å². The van der Waals surface area contributed by atoms with Crippen LogP contribution in [0.2, 0.25) is 0 Å². The highest BCUT2D eigenvalue weighted by Crippen LogP contribution is 2.27. The monoisotopic (exact) mass is 461 g/mol. The number of nitrogens with zero attached hydrogens (tertiary/aromatic N) is 1. The van der Waals surface area contributed by atoms with E-state index < -0.39 is 9.84 Å². The molecule has 0 bridgehead atoms. The second-order valence-electron chi connectivity index (χ2n) is 6.65. The van der Waals surface area contributed by atoms with Crippen LogP contribution >= 0.6 is 11.3 Å². The van der Waals surface area contributed by atoms with Gasteiger partial charge in [0.2, 0.25) is 0 Å². The lowest BCUT2D eigenvalue weighted by Crippen LogP contribution is -2.26. The van der Waals surface area contributed by atoms with E-state index in [0.717, 1.165) is 11.8 Å². The number of carbonyl (C=O) groups is 1. The van der Waals surface area contributed by atoms with Gasteiger partial charge in [-0.1, -0.05) is 6.07 Å². The van der Waals surface area contributed by atoms with Crippen molar-refractivity contribution >= 4 is 37.9 Å². The topological polar surface area (TPSA) is 107 Å². The van der Waals surface area contributed by atoms with Crippen LogP contribution in [0.4, 0.5) is 10.8 Å². The van der Waals surface area contributed by atoms with E-state index in [-0.39, 0.29) is 10.8 Å². The standard InChI is InChI=1S/C21H23N3O5S2/c1-28-18-9-4-14(12-19(18)29-2)10-11-22-20(25)17-13-30-21(24-17)23-15-5-7-16(8-6-15)31(3,26)27/h4-9,12-13H,10-11H2,1-3H3,(H,22,25)(H,23,24). The van der Waals surface area contributed by atoms with Gasteiger partial charge in [-0.05, 0) is 48.4 Å². The zero-order valence-corrected chi connectivity index (χ0v) is 19.0. The summed E-state index contributed by atoms with van der Waals surface area (Å²) in [7, 11) is -0.0797. The predicted octanol–water partition coefficient (Wildman–Crippen LogP) is 3.28. The van der Waals surface area contributed by atoms with Crippen LogP contribution in [0.5, 0.6) is 11.5 Å². The molecule has 0 unspecified atom stereocenters. The van der Waals surface area contributed by atoms with Gasteiger partial charge >= 0.3 is 0 Å². The van der Waals surface area contributed by atoms with Gasteiger partial charge in [0.05, 0.1) is 19.1 Å². The Hall–Kier alpha value is -3.11. The molecule has 1 heterocycles. The minimum Gasteiger partial charge on any atom is -0.493 e. The van der Waals surface area contributed by atoms with Crippen molar-refractivity contribution in [2.75, 3.05) is 32.3 Å². The van der Waals surface area contributed by atoms with Gasteiger partial charge in [0, 0.05) is 23.9 Å². The molecule has 2 N–H and O–H groups in total. The number of nitrogens with one attached hydrogen (secondary N) is 2. The molecule has 0 radical (unpaired) electrons. The lowest BCUT2D eigenvalue weighted by atomic mass is 10.1. The van der Waals surface area contributed by atoms with E-state index in [4.69, 9.17) is 9.47 Å². The van der Waals surface area contributed by atoms with Crippen molar-refractivity contribution in [2.24, 2.45) is 0 Å². The second-order valence-corrected chi connectivity index (χ2v) is 9.53. The third-order valence-electron chi connectivity index (χ3n) is 4.42. The largest absolute Gasteiger partial charge is 0.493 e. The first-order chi connectivity index (χ1) is 14.8. The Kier molecular flexibility index (Phi) is 7.13. The van der Waals surface area contributed by atoms with Crippen molar-refractivity contribution in [1.82, 2.24) is 10.3 Å². The van der Waals surface area contributed by atoms with Gasteiger partial charge in [0.15, 0.2) is 26.5 Å². The van der Waals surface area contributed by atoms with Crippen LogP contribution in [0.15, 0.2) is 52.7 Å². The summed E-state index contributed by atoms with van der Waals surface area (Å²) >= 11 is 1.29. The van der Waals surface area contributed by atoms with Crippen molar-refractivity contribution in [3.8, 4) is 11.5 Å². The normalized spacial score (nSPS) is 11.1. The lowest BCUT2D eigenvalue weighted by molar-refractivity contribution is 0.0950. The highest BCUT2D eigenvalue weighted by Gasteiger charge is 2.12. The third-order valence-corrected chi connectivity index (χ3v) is 6.30. The summed E-state index contributed by atoms with van der Waals surface area (Å²) in [5, 5.41) is 8.13. The molecule has 3 rings (SSSR count). The Morgan fingerprint density at radius 3 is 2.42 bits per heavy atom. The number of carbonyl (C=O) groups excluding carboxylic acids is 1. The van der Waals surface area contributed by atoms with E-state index in [2.05, 4.69) is 15.6 Å². The highest BCUT2D eigenvalue weighted by molar-refractivity contribution is 7.90. The van der Waals surface area contributed by atoms with Crippen LogP contribution in [0.25, 0.3) is 0 Å². The highest BCUT2D eigenvalue weighted by atomic mass is 32.2. The van der Waals surface area contributed by atoms with Crippen LogP contribution in [-0.4, -0.2) is 46.3 Å². The van der Waals surface area contributed by atoms with E-state index >= 15 is 0 Å². The molecule has 0 aliphatic rings. The Morgan fingerprint density at radius 1 is 1.06 bits per heavy atom. The van der Waals surface area contributed by atoms with E-state index in [1.54, 1.807) is 31.7 Å². The number of thiazole rings is 1. The van der Waals surface area contributed by atoms with Gasteiger partial charge in [-0.15, -0.1) is 11.3 Å². The van der Waals surface area contributed by atoms with Crippen molar-refractivity contribution in [3.05, 3.63) is 59.1 Å². The van der Waals surface area contributed by atoms with Crippen molar-refractivity contribution in [1.29, 1.82) is 0 Å². The number of benzene rings is 2. The molecule has 2 aromatic carbocycles. The zero-order chi connectivity index (χ0) is 22.4. The lowest BCUT2D eigenvalue weighted by Gasteiger charge is -2.09. The average molecular weight is 462 g/mol. The molecule has 0 spiro atoms. The summed E-state index contributed by atoms with van der Waals surface area (Å²) in [6.45, 7) is 0.446. The molecule has 164 valence electrons. The number of ether oxygens (including phenoxy) is 2. The second kappa shape index (κ2) is 9.80. The van der Waals surface area contributed by atoms with E-state index in [1.807, 2.05) is 18.2 Å². The summed E-state index contributed by atoms with van der Waals surface area (Å²) in [4.78, 5) is 16.9. The molecule has 10 heteroatoms. The fourth-order valence-corrected chi connectivity index (χ4v) is 4.13. The number of aromatic nitrogens is 1. The summed E-state index contributed by atoms with van der Waals surface area (Å²) < 4.78 is 33.6. The molecular formula is C21H23N3O5S2. The molecule has 0 saturated carbocycles. The fourth-order valence-electron chi connectivity index (χ4n) is 2.79. The van der Waals surface area contributed by atoms with Crippen LogP contribution in [0.3, 0.4) is 0 Å². The molecule has 1 aromatic heterocycles. The Labute approximate surface area is 185 Å². The maximum atomic E-state index is 12.4. The van der Waals surface area contributed by atoms with Gasteiger partial charge in [0.1, 0.15) is 5.69 Å². The molecule has 0 aliphatic carbocycles. The number of methoxy groups -OCH3 is 2. The van der Waals surface area contributed by atoms with Crippen LogP contribution < -0.4 is 20.1 Å². The van der Waals surface area contributed by atoms with Crippen molar-refractivity contribution in [3.63, 3.8) is 0 Å². The number of hydrogen-bond donors (Lipinski definition) is 2. The number of amides is 1. The minimum atomic E-state index is -3.24. The number of sulfone groups is 1. The molecule has 3 aromatic rings. The molecule has 8 nitrogen and oxygen atoms in total. The summed E-state index contributed by atoms with van der Waals surface area (Å²) in [5.41, 5.74) is 2.01. The first kappa shape index (κ1) is 22.6. The number of anilines is 2. The van der Waals surface area contributed by atoms with E-state index in [1.165, 1.54) is 23.5 Å². The van der Waals surface area contributed by atoms with Crippen LogP contribution in [0, 0.1) is 0 Å². The third kappa shape index (κ3) is 5.96. The number of hydrogen-bond acceptors (Lipinski definition) is 8. The van der Waals surface area contributed by atoms with E-state index in [0.29, 0.717) is 41.0 Å². The first-order valence-corrected chi connectivity index (χ1v) is 12.1. The molecule has 0 saturated heterocycles. The molecule has 0 aliphatic heterocycles. The summed E-state index contributed by atoms with van der Waals surface area (Å²) in [5.74, 6) is 1.03. The van der Waals surface area contributed by atoms with Crippen molar-refractivity contribution in [2.45, 2.75) is 11.3 Å². The molecule has 0 atom stereocenters. The Balaban J connectivity index is 1.54. The number of rotatable bonds is 9. The van der Waals surface area contributed by atoms with Gasteiger partial charge in [-0.3, -0.25) is 4.79 Å². The molecule has 1 amide bonds. The predicted molar refractivity (Wildman–Crippen MR) is 121 cm³/mol. The Morgan fingerprint density at radius 2 is 1.77 bits per heavy atom. The van der Waals surface area contributed by atoms with Gasteiger partial charge in [-0.25, -0.2) is 13.4 Å². The maximum absolute atomic E-state index is 12.4. The van der Waals surface area contributed by atoms with Gasteiger partial charge in [0.25, 0.3) is 5.91 Å². The fraction of sp³-hybridized carbons (Fsp3) is 0.238. The zero-order valence-electron chi connectivity index (χ0n) is 17.3. The Bertz CT molecular complexity index is 1160. The molecular weight excluding hydrogens is 438 g/mol. The van der Waals surface area contributed by atoms with Gasteiger partial charge in [-0.2, -0.15) is 0 Å². The minimum absolute atomic E-state index is 0.242. The van der Waals surface area contributed by atoms with Gasteiger partial charge < -0.3 is 20.1 Å². The van der Waals surface area contributed by atoms with E-state index in [9.17, 15) is 13.2 Å². The van der Waals surface area contributed by atoms with Crippen molar-refractivity contribution < 1.29 is 22.7 Å². The summed E-state index contributed by atoms with van der Waals surface area (Å²) in [6, 6.07) is 12.0. The average Bonchev–Trinajstić information content (AvgIpc) is 3.22. The molecule has 0 fully saturated rings. The smallest absolute Gasteiger partial charge is 0.270 e. The quantitative estimate of drug-likeness (QED) is 0.504. The van der Waals surface area contributed by atoms with Crippen LogP contribution in [-0.2, 0) is 16.3 Å². The molecule has 31 heavy (non-hydrogen) atoms. The summed E-state index contributed by atoms with van der Waals surface area (Å²) in [6.07, 6.45) is 1.79. The SMILES string of the molecule is COc1ccc(CCNC(=O)c2csc(Nc3ccc(S(C)(=O)=O)cc3)n2)cc1OC. The first-order valence-electron chi connectivity index (χ1n) is 9.32.